The van der Waals surface area contributed by atoms with Crippen LogP contribution in [0.5, 0.6) is 5.75 Å². The summed E-state index contributed by atoms with van der Waals surface area (Å²) in [6, 6.07) is 20.3. The summed E-state index contributed by atoms with van der Waals surface area (Å²) in [5.41, 5.74) is 2.31. The first-order chi connectivity index (χ1) is 20.0. The van der Waals surface area contributed by atoms with E-state index in [-0.39, 0.29) is 23.4 Å². The lowest BCUT2D eigenvalue weighted by atomic mass is 10.1. The van der Waals surface area contributed by atoms with Crippen molar-refractivity contribution in [2.24, 2.45) is 0 Å². The molecule has 0 radical (unpaired) electrons. The summed E-state index contributed by atoms with van der Waals surface area (Å²) >= 11 is 3.37. The number of nitrogens with zero attached hydrogens (tertiary/aromatic N) is 2. The van der Waals surface area contributed by atoms with Gasteiger partial charge in [0.15, 0.2) is 0 Å². The quantitative estimate of drug-likeness (QED) is 0.239. The Morgan fingerprint density at radius 2 is 1.64 bits per heavy atom. The van der Waals surface area contributed by atoms with Gasteiger partial charge in [-0.15, -0.1) is 0 Å². The van der Waals surface area contributed by atoms with Crippen LogP contribution in [0, 0.1) is 6.92 Å². The zero-order chi connectivity index (χ0) is 30.9. The smallest absolute Gasteiger partial charge is 0.264 e. The van der Waals surface area contributed by atoms with E-state index in [1.54, 1.807) is 30.3 Å². The van der Waals surface area contributed by atoms with E-state index in [4.69, 9.17) is 4.74 Å². The average Bonchev–Trinajstić information content (AvgIpc) is 2.98. The Hall–Kier alpha value is -3.37. The fraction of sp³-hybridized carbons (Fsp3) is 0.375. The van der Waals surface area contributed by atoms with Crippen LogP contribution in [0.25, 0.3) is 0 Å². The molecule has 2 amide bonds. The number of rotatable bonds is 14. The van der Waals surface area contributed by atoms with Crippen molar-refractivity contribution >= 4 is 43.5 Å². The Balaban J connectivity index is 2.03. The molecular weight excluding hydrogens is 618 g/mol. The van der Waals surface area contributed by atoms with E-state index < -0.39 is 28.5 Å². The number of anilines is 1. The highest BCUT2D eigenvalue weighted by molar-refractivity contribution is 9.10. The number of ether oxygens (including phenoxy) is 1. The van der Waals surface area contributed by atoms with E-state index in [2.05, 4.69) is 21.2 Å². The molecule has 3 aromatic carbocycles. The molecule has 0 aliphatic heterocycles. The number of methoxy groups -OCH3 is 1. The highest BCUT2D eigenvalue weighted by Gasteiger charge is 2.34. The highest BCUT2D eigenvalue weighted by Crippen LogP contribution is 2.31. The lowest BCUT2D eigenvalue weighted by molar-refractivity contribution is -0.139. The van der Waals surface area contributed by atoms with Crippen molar-refractivity contribution in [3.63, 3.8) is 0 Å². The number of carbonyl (C=O) groups is 2. The van der Waals surface area contributed by atoms with E-state index in [1.807, 2.05) is 58.0 Å². The molecule has 0 bridgehead atoms. The van der Waals surface area contributed by atoms with E-state index in [0.29, 0.717) is 28.8 Å². The van der Waals surface area contributed by atoms with Gasteiger partial charge in [0, 0.05) is 12.6 Å². The molecular formula is C32H40BrN3O5S. The number of amides is 2. The van der Waals surface area contributed by atoms with Gasteiger partial charge in [-0.2, -0.15) is 0 Å². The molecule has 3 aromatic rings. The Bertz CT molecular complexity index is 1450. The third-order valence-electron chi connectivity index (χ3n) is 7.18. The van der Waals surface area contributed by atoms with Gasteiger partial charge in [-0.25, -0.2) is 8.42 Å². The standard InChI is InChI=1S/C32H40BrN3O5S/c1-6-24(4)34-32(38)29(7-2)35(20-19-25-11-9-8-10-12-25)31(37)22-36(26-15-13-23(3)14-16-26)42(39,40)27-17-18-30(41-5)28(33)21-27/h8-18,21,24,29H,6-7,19-20,22H2,1-5H3,(H,34,38)/t24-,29+/m0/s1. The zero-order valence-corrected chi connectivity index (χ0v) is 27.2. The first-order valence-electron chi connectivity index (χ1n) is 14.1. The monoisotopic (exact) mass is 657 g/mol. The van der Waals surface area contributed by atoms with Gasteiger partial charge >= 0.3 is 0 Å². The second-order valence-electron chi connectivity index (χ2n) is 10.2. The van der Waals surface area contributed by atoms with E-state index in [0.717, 1.165) is 21.9 Å². The fourth-order valence-electron chi connectivity index (χ4n) is 4.51. The average molecular weight is 659 g/mol. The third-order valence-corrected chi connectivity index (χ3v) is 9.57. The minimum absolute atomic E-state index is 0.000871. The van der Waals surface area contributed by atoms with Crippen molar-refractivity contribution in [1.82, 2.24) is 10.2 Å². The normalized spacial score (nSPS) is 12.7. The number of benzene rings is 3. The van der Waals surface area contributed by atoms with Gasteiger partial charge in [0.05, 0.1) is 22.2 Å². The molecule has 8 nitrogen and oxygen atoms in total. The van der Waals surface area contributed by atoms with Crippen LogP contribution in [0.15, 0.2) is 82.2 Å². The summed E-state index contributed by atoms with van der Waals surface area (Å²) < 4.78 is 35.0. The minimum Gasteiger partial charge on any atom is -0.496 e. The van der Waals surface area contributed by atoms with Gasteiger partial charge in [-0.1, -0.05) is 61.9 Å². The Kier molecular flexibility index (Phi) is 12.0. The Morgan fingerprint density at radius 1 is 0.976 bits per heavy atom. The molecule has 42 heavy (non-hydrogen) atoms. The number of hydrogen-bond donors (Lipinski definition) is 1. The topological polar surface area (TPSA) is 96.0 Å². The number of halogens is 1. The van der Waals surface area contributed by atoms with E-state index in [9.17, 15) is 18.0 Å². The molecule has 2 atom stereocenters. The zero-order valence-electron chi connectivity index (χ0n) is 24.8. The van der Waals surface area contributed by atoms with Crippen molar-refractivity contribution in [2.45, 2.75) is 63.9 Å². The van der Waals surface area contributed by atoms with Crippen molar-refractivity contribution in [3.05, 3.63) is 88.4 Å². The molecule has 3 rings (SSSR count). The van der Waals surface area contributed by atoms with Gasteiger partial charge in [0.1, 0.15) is 18.3 Å². The molecule has 0 saturated heterocycles. The Morgan fingerprint density at radius 3 is 2.21 bits per heavy atom. The van der Waals surface area contributed by atoms with Crippen LogP contribution in [0.1, 0.15) is 44.7 Å². The van der Waals surface area contributed by atoms with Gasteiger partial charge in [0.25, 0.3) is 10.0 Å². The second-order valence-corrected chi connectivity index (χ2v) is 12.9. The first kappa shape index (κ1) is 33.1. The van der Waals surface area contributed by atoms with Crippen molar-refractivity contribution < 1.29 is 22.7 Å². The maximum absolute atomic E-state index is 14.1. The summed E-state index contributed by atoms with van der Waals surface area (Å²) in [6.07, 6.45) is 1.64. The highest BCUT2D eigenvalue weighted by atomic mass is 79.9. The summed E-state index contributed by atoms with van der Waals surface area (Å²) in [6.45, 7) is 7.43. The lowest BCUT2D eigenvalue weighted by Crippen LogP contribution is -2.54. The van der Waals surface area contributed by atoms with Gasteiger partial charge in [-0.3, -0.25) is 13.9 Å². The van der Waals surface area contributed by atoms with Gasteiger partial charge in [-0.05, 0) is 84.9 Å². The molecule has 226 valence electrons. The number of nitrogens with one attached hydrogen (secondary N) is 1. The van der Waals surface area contributed by atoms with Crippen LogP contribution >= 0.6 is 15.9 Å². The van der Waals surface area contributed by atoms with Crippen LogP contribution < -0.4 is 14.4 Å². The molecule has 0 fully saturated rings. The summed E-state index contributed by atoms with van der Waals surface area (Å²) in [5.74, 6) is -0.233. The second kappa shape index (κ2) is 15.2. The van der Waals surface area contributed by atoms with Crippen molar-refractivity contribution in [1.29, 1.82) is 0 Å². The van der Waals surface area contributed by atoms with Crippen molar-refractivity contribution in [3.8, 4) is 5.75 Å². The maximum atomic E-state index is 14.1. The third kappa shape index (κ3) is 8.35. The first-order valence-corrected chi connectivity index (χ1v) is 16.3. The van der Waals surface area contributed by atoms with E-state index >= 15 is 0 Å². The summed E-state index contributed by atoms with van der Waals surface area (Å²) in [4.78, 5) is 29.0. The van der Waals surface area contributed by atoms with Crippen LogP contribution in [-0.4, -0.2) is 57.4 Å². The molecule has 0 spiro atoms. The number of hydrogen-bond acceptors (Lipinski definition) is 5. The van der Waals surface area contributed by atoms with Gasteiger partial charge < -0.3 is 15.0 Å². The number of carbonyl (C=O) groups excluding carboxylic acids is 2. The van der Waals surface area contributed by atoms with Crippen LogP contribution in [0.4, 0.5) is 5.69 Å². The Labute approximate surface area is 258 Å². The largest absolute Gasteiger partial charge is 0.496 e. The van der Waals surface area contributed by atoms with Crippen molar-refractivity contribution in [2.75, 3.05) is 24.5 Å². The van der Waals surface area contributed by atoms with Crippen LogP contribution in [-0.2, 0) is 26.0 Å². The molecule has 10 heteroatoms. The predicted molar refractivity (Wildman–Crippen MR) is 170 cm³/mol. The number of sulfonamides is 1. The summed E-state index contributed by atoms with van der Waals surface area (Å²) in [7, 11) is -2.69. The number of aryl methyl sites for hydroxylation is 1. The van der Waals surface area contributed by atoms with Gasteiger partial charge in [0.2, 0.25) is 11.8 Å². The molecule has 0 aromatic heterocycles. The molecule has 0 heterocycles. The summed E-state index contributed by atoms with van der Waals surface area (Å²) in [5, 5.41) is 3.00. The fourth-order valence-corrected chi connectivity index (χ4v) is 6.64. The molecule has 0 saturated carbocycles. The van der Waals surface area contributed by atoms with E-state index in [1.165, 1.54) is 24.1 Å². The molecule has 0 aliphatic carbocycles. The van der Waals surface area contributed by atoms with Crippen LogP contribution in [0.2, 0.25) is 0 Å². The molecule has 0 aliphatic rings. The minimum atomic E-state index is -4.19. The van der Waals surface area contributed by atoms with Crippen LogP contribution in [0.3, 0.4) is 0 Å². The molecule has 1 N–H and O–H groups in total. The SMILES string of the molecule is CC[C@H](C(=O)N[C@@H](C)CC)N(CCc1ccccc1)C(=O)CN(c1ccc(C)cc1)S(=O)(=O)c1ccc(OC)c(Br)c1. The lowest BCUT2D eigenvalue weighted by Gasteiger charge is -2.33. The molecule has 0 unspecified atom stereocenters. The predicted octanol–water partition coefficient (Wildman–Crippen LogP) is 5.73. The maximum Gasteiger partial charge on any atom is 0.264 e.